The van der Waals surface area contributed by atoms with E-state index < -0.39 is 0 Å². The van der Waals surface area contributed by atoms with Gasteiger partial charge in [-0.25, -0.2) is 0 Å². The Kier molecular flexibility index (Phi) is 3.71. The van der Waals surface area contributed by atoms with Crippen LogP contribution < -0.4 is 0 Å². The summed E-state index contributed by atoms with van der Waals surface area (Å²) < 4.78 is 0. The number of H-pyrrole nitrogens is 1. The van der Waals surface area contributed by atoms with Crippen molar-refractivity contribution in [3.63, 3.8) is 0 Å². The molecule has 4 saturated carbocycles. The van der Waals surface area contributed by atoms with Gasteiger partial charge in [-0.1, -0.05) is 66.3 Å². The molecule has 5 aliphatic rings. The summed E-state index contributed by atoms with van der Waals surface area (Å²) in [5.74, 6) is 4.36. The molecular weight excluding hydrogens is 362 g/mol. The molecule has 1 unspecified atom stereocenters. The Balaban J connectivity index is 1.31. The average Bonchev–Trinajstić information content (AvgIpc) is 3.38. The maximum Gasteiger partial charge on any atom is 0.0503 e. The Bertz CT molecular complexity index is 1150. The Morgan fingerprint density at radius 2 is 1.43 bits per heavy atom. The second-order valence-electron chi connectivity index (χ2n) is 10.3. The zero-order valence-electron chi connectivity index (χ0n) is 17.5. The number of rotatable bonds is 2. The van der Waals surface area contributed by atoms with Crippen LogP contribution in [0.3, 0.4) is 0 Å². The molecule has 4 fully saturated rings. The molecule has 30 heavy (non-hydrogen) atoms. The molecule has 2 aromatic carbocycles. The third-order valence-corrected chi connectivity index (χ3v) is 8.54. The molecule has 0 aliphatic heterocycles. The first-order valence-corrected chi connectivity index (χ1v) is 11.9. The van der Waals surface area contributed by atoms with Gasteiger partial charge in [0.25, 0.3) is 0 Å². The lowest BCUT2D eigenvalue weighted by atomic mass is 9.53. The van der Waals surface area contributed by atoms with Crippen LogP contribution in [0.1, 0.15) is 50.0 Å². The van der Waals surface area contributed by atoms with Gasteiger partial charge in [0.15, 0.2) is 0 Å². The number of nitrogens with one attached hydrogen (secondary N) is 1. The molecule has 0 amide bonds. The van der Waals surface area contributed by atoms with E-state index in [0.717, 1.165) is 23.7 Å². The molecule has 1 aromatic heterocycles. The lowest BCUT2D eigenvalue weighted by Crippen LogP contribution is -2.40. The summed E-state index contributed by atoms with van der Waals surface area (Å²) in [6, 6.07) is 19.7. The van der Waals surface area contributed by atoms with E-state index in [4.69, 9.17) is 0 Å². The highest BCUT2D eigenvalue weighted by Crippen LogP contribution is 2.58. The monoisotopic (exact) mass is 391 g/mol. The number of benzene rings is 2. The molecule has 4 bridgehead atoms. The summed E-state index contributed by atoms with van der Waals surface area (Å²) in [7, 11) is 0. The molecule has 1 N–H and O–H groups in total. The predicted octanol–water partition coefficient (Wildman–Crippen LogP) is 7.63. The quantitative estimate of drug-likeness (QED) is 0.462. The number of hydrogen-bond acceptors (Lipinski definition) is 0. The largest absolute Gasteiger partial charge is 0.354 e. The van der Waals surface area contributed by atoms with Gasteiger partial charge in [0.2, 0.25) is 0 Å². The van der Waals surface area contributed by atoms with E-state index in [1.54, 1.807) is 5.57 Å². The van der Waals surface area contributed by atoms with Gasteiger partial charge in [0.05, 0.1) is 5.69 Å². The summed E-state index contributed by atoms with van der Waals surface area (Å²) in [5, 5.41) is 1.39. The molecule has 0 saturated heterocycles. The van der Waals surface area contributed by atoms with E-state index >= 15 is 0 Å². The van der Waals surface area contributed by atoms with Gasteiger partial charge in [-0.3, -0.25) is 0 Å². The smallest absolute Gasteiger partial charge is 0.0503 e. The fourth-order valence-electron chi connectivity index (χ4n) is 7.62. The first-order chi connectivity index (χ1) is 14.8. The van der Waals surface area contributed by atoms with Crippen LogP contribution in [0.15, 0.2) is 77.9 Å². The summed E-state index contributed by atoms with van der Waals surface area (Å²) in [6.45, 7) is 0. The van der Waals surface area contributed by atoms with Gasteiger partial charge in [0, 0.05) is 16.8 Å². The van der Waals surface area contributed by atoms with Gasteiger partial charge in [-0.15, -0.1) is 0 Å². The van der Waals surface area contributed by atoms with Crippen molar-refractivity contribution >= 4 is 10.9 Å². The fourth-order valence-corrected chi connectivity index (χ4v) is 7.62. The van der Waals surface area contributed by atoms with Crippen LogP contribution in [0.2, 0.25) is 0 Å². The van der Waals surface area contributed by atoms with E-state index in [2.05, 4.69) is 71.7 Å². The van der Waals surface area contributed by atoms with Gasteiger partial charge in [0.1, 0.15) is 0 Å². The van der Waals surface area contributed by atoms with Crippen LogP contribution in [0, 0.1) is 23.7 Å². The molecule has 3 aromatic rings. The van der Waals surface area contributed by atoms with Crippen molar-refractivity contribution in [3.05, 3.63) is 83.5 Å². The van der Waals surface area contributed by atoms with Crippen LogP contribution in [-0.4, -0.2) is 4.98 Å². The average molecular weight is 392 g/mol. The Morgan fingerprint density at radius 1 is 0.733 bits per heavy atom. The third-order valence-electron chi connectivity index (χ3n) is 8.54. The lowest BCUT2D eigenvalue weighted by Gasteiger charge is -2.52. The first kappa shape index (κ1) is 17.2. The van der Waals surface area contributed by atoms with Crippen molar-refractivity contribution in [3.8, 4) is 11.3 Å². The summed E-state index contributed by atoms with van der Waals surface area (Å²) in [6.07, 6.45) is 13.7. The van der Waals surface area contributed by atoms with Crippen LogP contribution >= 0.6 is 0 Å². The summed E-state index contributed by atoms with van der Waals surface area (Å²) >= 11 is 0. The number of aromatic amines is 1. The second kappa shape index (κ2) is 6.48. The van der Waals surface area contributed by atoms with Gasteiger partial charge in [-0.2, -0.15) is 0 Å². The van der Waals surface area contributed by atoms with E-state index in [9.17, 15) is 0 Å². The van der Waals surface area contributed by atoms with E-state index in [1.165, 1.54) is 66.2 Å². The number of allylic oxidation sites excluding steroid dienone is 4. The molecule has 5 aliphatic carbocycles. The lowest BCUT2D eigenvalue weighted by molar-refractivity contribution is 0.0685. The molecular formula is C29H29N. The topological polar surface area (TPSA) is 15.8 Å². The number of aromatic nitrogens is 1. The minimum absolute atomic E-state index is 0.482. The van der Waals surface area contributed by atoms with Crippen LogP contribution in [0.5, 0.6) is 0 Å². The van der Waals surface area contributed by atoms with Crippen molar-refractivity contribution in [2.24, 2.45) is 23.7 Å². The number of para-hydroxylation sites is 1. The molecule has 0 spiro atoms. The van der Waals surface area contributed by atoms with Crippen molar-refractivity contribution in [1.82, 2.24) is 4.98 Å². The first-order valence-electron chi connectivity index (χ1n) is 11.9. The summed E-state index contributed by atoms with van der Waals surface area (Å²) in [4.78, 5) is 3.75. The zero-order valence-corrected chi connectivity index (χ0v) is 17.5. The van der Waals surface area contributed by atoms with E-state index in [0.29, 0.717) is 5.92 Å². The molecule has 1 atom stereocenters. The number of hydrogen-bond donors (Lipinski definition) is 1. The fraction of sp³-hybridized carbons (Fsp3) is 0.379. The second-order valence-corrected chi connectivity index (χ2v) is 10.3. The summed E-state index contributed by atoms with van der Waals surface area (Å²) in [5.41, 5.74) is 8.93. The van der Waals surface area contributed by atoms with Gasteiger partial charge in [-0.05, 0) is 85.0 Å². The minimum Gasteiger partial charge on any atom is -0.354 e. The SMILES string of the molecule is C1=CC(c2c(-c3ccccc3)[nH]c3ccccc23)CC1=C1C2CC3CC(C2)CC1C3. The van der Waals surface area contributed by atoms with Crippen LogP contribution in [0.4, 0.5) is 0 Å². The van der Waals surface area contributed by atoms with E-state index in [1.807, 2.05) is 5.57 Å². The van der Waals surface area contributed by atoms with Gasteiger partial charge >= 0.3 is 0 Å². The predicted molar refractivity (Wildman–Crippen MR) is 124 cm³/mol. The Morgan fingerprint density at radius 3 is 2.20 bits per heavy atom. The molecule has 150 valence electrons. The molecule has 1 heterocycles. The molecule has 1 heteroatoms. The highest BCUT2D eigenvalue weighted by Gasteiger charge is 2.46. The standard InChI is InChI=1S/C29H29N/c1-2-6-20(7-3-1)29-28(25-8-4-5-9-26(25)30-29)22-11-10-21(17-22)27-23-13-18-12-19(15-23)16-24(27)14-18/h1-11,18-19,22-24,30H,12-17H2. The van der Waals surface area contributed by atoms with Crippen molar-refractivity contribution in [2.45, 2.75) is 44.4 Å². The highest BCUT2D eigenvalue weighted by molar-refractivity contribution is 5.92. The molecule has 0 radical (unpaired) electrons. The maximum atomic E-state index is 3.75. The van der Waals surface area contributed by atoms with Crippen LogP contribution in [0.25, 0.3) is 22.2 Å². The Hall–Kier alpha value is -2.54. The molecule has 8 rings (SSSR count). The normalized spacial score (nSPS) is 31.9. The molecule has 1 nitrogen and oxygen atoms in total. The Labute approximate surface area is 178 Å². The number of fused-ring (bicyclic) bond motifs is 1. The highest BCUT2D eigenvalue weighted by atomic mass is 14.7. The zero-order chi connectivity index (χ0) is 19.7. The van der Waals surface area contributed by atoms with Crippen molar-refractivity contribution < 1.29 is 0 Å². The van der Waals surface area contributed by atoms with Crippen LogP contribution in [-0.2, 0) is 0 Å². The van der Waals surface area contributed by atoms with Gasteiger partial charge < -0.3 is 4.98 Å². The third kappa shape index (κ3) is 2.54. The van der Waals surface area contributed by atoms with Crippen molar-refractivity contribution in [2.75, 3.05) is 0 Å². The maximum absolute atomic E-state index is 3.75. The minimum atomic E-state index is 0.482. The van der Waals surface area contributed by atoms with Crippen molar-refractivity contribution in [1.29, 1.82) is 0 Å². The van der Waals surface area contributed by atoms with E-state index in [-0.39, 0.29) is 0 Å².